The molecule has 0 aromatic carbocycles. The number of ether oxygens (including phenoxy) is 1. The average Bonchev–Trinajstić information content (AvgIpc) is 2.39. The van der Waals surface area contributed by atoms with Gasteiger partial charge in [-0.05, 0) is 31.6 Å². The quantitative estimate of drug-likeness (QED) is 0.834. The van der Waals surface area contributed by atoms with Crippen LogP contribution in [-0.4, -0.2) is 31.7 Å². The maximum Gasteiger partial charge on any atom is 0.227 e. The molecule has 5 heteroatoms. The van der Waals surface area contributed by atoms with Crippen LogP contribution in [-0.2, 0) is 9.53 Å². The van der Waals surface area contributed by atoms with Crippen LogP contribution < -0.4 is 11.1 Å². The van der Waals surface area contributed by atoms with Crippen LogP contribution in [0.4, 0.5) is 0 Å². The first-order chi connectivity index (χ1) is 8.66. The monoisotopic (exact) mass is 290 g/mol. The maximum atomic E-state index is 12.5. The Morgan fingerprint density at radius 2 is 2.05 bits per heavy atom. The molecule has 1 heterocycles. The van der Waals surface area contributed by atoms with Gasteiger partial charge in [0.15, 0.2) is 0 Å². The molecular weight excluding hydrogens is 264 g/mol. The van der Waals surface area contributed by atoms with Crippen LogP contribution in [0.25, 0.3) is 0 Å². The summed E-state index contributed by atoms with van der Waals surface area (Å²) in [6.07, 6.45) is 6.28. The molecule has 19 heavy (non-hydrogen) atoms. The highest BCUT2D eigenvalue weighted by Crippen LogP contribution is 2.31. The van der Waals surface area contributed by atoms with E-state index in [-0.39, 0.29) is 23.7 Å². The van der Waals surface area contributed by atoms with E-state index < -0.39 is 0 Å². The highest BCUT2D eigenvalue weighted by Gasteiger charge is 2.39. The summed E-state index contributed by atoms with van der Waals surface area (Å²) in [6, 6.07) is 0.354. The molecule has 2 rings (SSSR count). The molecule has 112 valence electrons. The van der Waals surface area contributed by atoms with Crippen LogP contribution in [0.5, 0.6) is 0 Å². The van der Waals surface area contributed by atoms with Gasteiger partial charge in [0.2, 0.25) is 5.91 Å². The second kappa shape index (κ2) is 7.46. The summed E-state index contributed by atoms with van der Waals surface area (Å²) in [6.45, 7) is 4.02. The van der Waals surface area contributed by atoms with Gasteiger partial charge in [0.05, 0.1) is 5.41 Å². The molecule has 1 saturated heterocycles. The lowest BCUT2D eigenvalue weighted by Gasteiger charge is -2.37. The Balaban J connectivity index is 0.00000180. The molecule has 4 nitrogen and oxygen atoms in total. The van der Waals surface area contributed by atoms with Crippen molar-refractivity contribution in [3.8, 4) is 0 Å². The summed E-state index contributed by atoms with van der Waals surface area (Å²) < 4.78 is 5.35. The summed E-state index contributed by atoms with van der Waals surface area (Å²) >= 11 is 0. The number of hydrogen-bond acceptors (Lipinski definition) is 3. The molecule has 0 aromatic heterocycles. The van der Waals surface area contributed by atoms with E-state index in [2.05, 4.69) is 12.2 Å². The van der Waals surface area contributed by atoms with Crippen molar-refractivity contribution in [1.82, 2.24) is 5.32 Å². The minimum absolute atomic E-state index is 0. The first-order valence-corrected chi connectivity index (χ1v) is 7.25. The van der Waals surface area contributed by atoms with Crippen molar-refractivity contribution in [1.29, 1.82) is 0 Å². The number of nitrogens with two attached hydrogens (primary N) is 1. The Labute approximate surface area is 122 Å². The zero-order valence-electron chi connectivity index (χ0n) is 11.8. The Kier molecular flexibility index (Phi) is 6.57. The van der Waals surface area contributed by atoms with Crippen molar-refractivity contribution in [2.45, 2.75) is 51.5 Å². The standard InChI is InChI=1S/C14H26N2O2.ClH/c1-11-3-2-4-12(9-11)16-13(17)14(10-15)5-7-18-8-6-14;/h11-12H,2-10,15H2,1H3,(H,16,17);1H. The number of rotatable bonds is 3. The number of amides is 1. The van der Waals surface area contributed by atoms with E-state index in [1.54, 1.807) is 0 Å². The lowest BCUT2D eigenvalue weighted by Crippen LogP contribution is -2.52. The van der Waals surface area contributed by atoms with Gasteiger partial charge in [-0.3, -0.25) is 4.79 Å². The number of nitrogens with one attached hydrogen (secondary N) is 1. The van der Waals surface area contributed by atoms with E-state index in [1.165, 1.54) is 12.8 Å². The van der Waals surface area contributed by atoms with Crippen molar-refractivity contribution in [2.75, 3.05) is 19.8 Å². The van der Waals surface area contributed by atoms with E-state index in [4.69, 9.17) is 10.5 Å². The van der Waals surface area contributed by atoms with Gasteiger partial charge in [0.1, 0.15) is 0 Å². The van der Waals surface area contributed by atoms with Crippen LogP contribution >= 0.6 is 12.4 Å². The van der Waals surface area contributed by atoms with Gasteiger partial charge >= 0.3 is 0 Å². The molecule has 3 N–H and O–H groups in total. The second-order valence-electron chi connectivity index (χ2n) is 6.04. The lowest BCUT2D eigenvalue weighted by atomic mass is 9.78. The van der Waals surface area contributed by atoms with Gasteiger partial charge in [-0.2, -0.15) is 0 Å². The molecular formula is C14H27ClN2O2. The van der Waals surface area contributed by atoms with Crippen molar-refractivity contribution in [3.63, 3.8) is 0 Å². The Bertz CT molecular complexity index is 293. The Morgan fingerprint density at radius 3 is 2.63 bits per heavy atom. The molecule has 0 radical (unpaired) electrons. The predicted octanol–water partition coefficient (Wildman–Crippen LogP) is 1.86. The topological polar surface area (TPSA) is 64.4 Å². The van der Waals surface area contributed by atoms with E-state index >= 15 is 0 Å². The SMILES string of the molecule is CC1CCCC(NC(=O)C2(CN)CCOCC2)C1.Cl. The van der Waals surface area contributed by atoms with Crippen LogP contribution in [0.1, 0.15) is 45.4 Å². The van der Waals surface area contributed by atoms with Gasteiger partial charge in [-0.15, -0.1) is 12.4 Å². The van der Waals surface area contributed by atoms with Gasteiger partial charge in [0.25, 0.3) is 0 Å². The van der Waals surface area contributed by atoms with Crippen LogP contribution in [0, 0.1) is 11.3 Å². The Hall–Kier alpha value is -0.320. The highest BCUT2D eigenvalue weighted by atomic mass is 35.5. The molecule has 1 saturated carbocycles. The van der Waals surface area contributed by atoms with Crippen molar-refractivity contribution in [2.24, 2.45) is 17.1 Å². The van der Waals surface area contributed by atoms with Crippen LogP contribution in [0.15, 0.2) is 0 Å². The van der Waals surface area contributed by atoms with Crippen LogP contribution in [0.3, 0.4) is 0 Å². The molecule has 0 bridgehead atoms. The van der Waals surface area contributed by atoms with Gasteiger partial charge in [-0.25, -0.2) is 0 Å². The van der Waals surface area contributed by atoms with Crippen molar-refractivity contribution >= 4 is 18.3 Å². The maximum absolute atomic E-state index is 12.5. The fraction of sp³-hybridized carbons (Fsp3) is 0.929. The zero-order chi connectivity index (χ0) is 13.0. The number of halogens is 1. The van der Waals surface area contributed by atoms with E-state index in [9.17, 15) is 4.79 Å². The van der Waals surface area contributed by atoms with E-state index in [1.807, 2.05) is 0 Å². The fourth-order valence-corrected chi connectivity index (χ4v) is 3.19. The molecule has 2 aliphatic rings. The summed E-state index contributed by atoms with van der Waals surface area (Å²) in [5, 5.41) is 3.24. The minimum Gasteiger partial charge on any atom is -0.381 e. The van der Waals surface area contributed by atoms with Gasteiger partial charge < -0.3 is 15.8 Å². The first-order valence-electron chi connectivity index (χ1n) is 7.25. The van der Waals surface area contributed by atoms with E-state index in [0.717, 1.165) is 31.6 Å². The third kappa shape index (κ3) is 4.07. The molecule has 0 aromatic rings. The van der Waals surface area contributed by atoms with Crippen molar-refractivity contribution < 1.29 is 9.53 Å². The minimum atomic E-state index is -0.376. The molecule has 1 amide bonds. The largest absolute Gasteiger partial charge is 0.381 e. The number of carbonyl (C=O) groups is 1. The predicted molar refractivity (Wildman–Crippen MR) is 78.4 cm³/mol. The van der Waals surface area contributed by atoms with Gasteiger partial charge in [-0.1, -0.05) is 19.8 Å². The number of carbonyl (C=O) groups excluding carboxylic acids is 1. The average molecular weight is 291 g/mol. The third-order valence-corrected chi connectivity index (χ3v) is 4.59. The first kappa shape index (κ1) is 16.7. The molecule has 1 aliphatic carbocycles. The lowest BCUT2D eigenvalue weighted by molar-refractivity contribution is -0.137. The van der Waals surface area contributed by atoms with Gasteiger partial charge in [0, 0.05) is 25.8 Å². The van der Waals surface area contributed by atoms with Crippen LogP contribution in [0.2, 0.25) is 0 Å². The summed E-state index contributed by atoms with van der Waals surface area (Å²) in [7, 11) is 0. The summed E-state index contributed by atoms with van der Waals surface area (Å²) in [4.78, 5) is 12.5. The molecule has 2 atom stereocenters. The third-order valence-electron chi connectivity index (χ3n) is 4.59. The molecule has 2 unspecified atom stereocenters. The zero-order valence-corrected chi connectivity index (χ0v) is 12.6. The fourth-order valence-electron chi connectivity index (χ4n) is 3.19. The van der Waals surface area contributed by atoms with E-state index in [0.29, 0.717) is 25.8 Å². The highest BCUT2D eigenvalue weighted by molar-refractivity contribution is 5.85. The molecule has 0 spiro atoms. The number of hydrogen-bond donors (Lipinski definition) is 2. The smallest absolute Gasteiger partial charge is 0.227 e. The summed E-state index contributed by atoms with van der Waals surface area (Å²) in [5.41, 5.74) is 5.48. The second-order valence-corrected chi connectivity index (χ2v) is 6.04. The molecule has 1 aliphatic heterocycles. The normalized spacial score (nSPS) is 30.2. The summed E-state index contributed by atoms with van der Waals surface area (Å²) in [5.74, 6) is 0.889. The Morgan fingerprint density at radius 1 is 1.37 bits per heavy atom. The van der Waals surface area contributed by atoms with Crippen molar-refractivity contribution in [3.05, 3.63) is 0 Å². The molecule has 2 fully saturated rings.